The van der Waals surface area contributed by atoms with Crippen molar-refractivity contribution in [3.05, 3.63) is 64.0 Å². The molecule has 130 valence electrons. The Balaban J connectivity index is 1.93. The number of aryl methyl sites for hydroxylation is 1. The number of allylic oxidation sites excluding steroid dienone is 1. The van der Waals surface area contributed by atoms with Crippen molar-refractivity contribution < 1.29 is 9.47 Å². The minimum Gasteiger partial charge on any atom is -0.493 e. The summed E-state index contributed by atoms with van der Waals surface area (Å²) in [5.41, 5.74) is 4.43. The lowest BCUT2D eigenvalue weighted by atomic mass is 10.1. The van der Waals surface area contributed by atoms with E-state index in [0.29, 0.717) is 22.1 Å². The lowest BCUT2D eigenvalue weighted by Crippen LogP contribution is -1.91. The number of hydrogen-bond acceptors (Lipinski definition) is 5. The zero-order valence-electron chi connectivity index (χ0n) is 14.8. The van der Waals surface area contributed by atoms with Gasteiger partial charge in [0.05, 0.1) is 25.5 Å². The predicted molar refractivity (Wildman–Crippen MR) is 105 cm³/mol. The standard InChI is InChI=1S/C21H18N2O2S/c1-14-4-6-15(7-5-14)10-17(12-22)21-23-18(13-26-21)16-8-9-19(24-2)20(11-16)25-3/h4-11,13H,1-3H3/b17-10-. The number of rotatable bonds is 5. The molecule has 5 heteroatoms. The van der Waals surface area contributed by atoms with Crippen molar-refractivity contribution in [1.29, 1.82) is 5.26 Å². The average molecular weight is 362 g/mol. The van der Waals surface area contributed by atoms with Crippen molar-refractivity contribution in [2.45, 2.75) is 6.92 Å². The molecule has 1 heterocycles. The van der Waals surface area contributed by atoms with E-state index in [2.05, 4.69) is 11.1 Å². The second-order valence-electron chi connectivity index (χ2n) is 5.69. The van der Waals surface area contributed by atoms with Gasteiger partial charge in [-0.15, -0.1) is 11.3 Å². The minimum atomic E-state index is 0.547. The van der Waals surface area contributed by atoms with Crippen molar-refractivity contribution in [1.82, 2.24) is 4.98 Å². The fourth-order valence-electron chi connectivity index (χ4n) is 2.50. The smallest absolute Gasteiger partial charge is 0.161 e. The maximum atomic E-state index is 9.54. The number of nitriles is 1. The fourth-order valence-corrected chi connectivity index (χ4v) is 3.29. The molecule has 0 N–H and O–H groups in total. The first-order chi connectivity index (χ1) is 12.6. The van der Waals surface area contributed by atoms with E-state index in [4.69, 9.17) is 9.47 Å². The van der Waals surface area contributed by atoms with Gasteiger partial charge in [-0.2, -0.15) is 5.26 Å². The summed E-state index contributed by atoms with van der Waals surface area (Å²) in [6.45, 7) is 2.04. The van der Waals surface area contributed by atoms with E-state index in [1.54, 1.807) is 14.2 Å². The molecule has 0 radical (unpaired) electrons. The van der Waals surface area contributed by atoms with E-state index >= 15 is 0 Å². The van der Waals surface area contributed by atoms with Crippen LogP contribution in [0.1, 0.15) is 16.1 Å². The topological polar surface area (TPSA) is 55.1 Å². The van der Waals surface area contributed by atoms with Gasteiger partial charge in [0.15, 0.2) is 11.5 Å². The van der Waals surface area contributed by atoms with Crippen LogP contribution >= 0.6 is 11.3 Å². The van der Waals surface area contributed by atoms with Crippen LogP contribution < -0.4 is 9.47 Å². The van der Waals surface area contributed by atoms with E-state index in [9.17, 15) is 5.26 Å². The van der Waals surface area contributed by atoms with Crippen molar-refractivity contribution in [2.75, 3.05) is 14.2 Å². The van der Waals surface area contributed by atoms with Crippen molar-refractivity contribution >= 4 is 23.0 Å². The fraction of sp³-hybridized carbons (Fsp3) is 0.143. The van der Waals surface area contributed by atoms with Crippen LogP contribution in [0.2, 0.25) is 0 Å². The summed E-state index contributed by atoms with van der Waals surface area (Å²) in [5, 5.41) is 12.2. The van der Waals surface area contributed by atoms with Gasteiger partial charge < -0.3 is 9.47 Å². The summed E-state index contributed by atoms with van der Waals surface area (Å²) in [6.07, 6.45) is 1.86. The van der Waals surface area contributed by atoms with Crippen LogP contribution in [0.3, 0.4) is 0 Å². The highest BCUT2D eigenvalue weighted by atomic mass is 32.1. The number of ether oxygens (including phenoxy) is 2. The van der Waals surface area contributed by atoms with Crippen molar-refractivity contribution in [3.63, 3.8) is 0 Å². The molecule has 0 spiro atoms. The molecule has 0 aliphatic rings. The third kappa shape index (κ3) is 3.76. The quantitative estimate of drug-likeness (QED) is 0.585. The molecular formula is C21H18N2O2S. The summed E-state index contributed by atoms with van der Waals surface area (Å²) >= 11 is 1.45. The van der Waals surface area contributed by atoms with E-state index in [1.165, 1.54) is 16.9 Å². The predicted octanol–water partition coefficient (Wildman–Crippen LogP) is 5.20. The Hall–Kier alpha value is -3.10. The van der Waals surface area contributed by atoms with E-state index < -0.39 is 0 Å². The Kier molecular flexibility index (Phi) is 5.35. The van der Waals surface area contributed by atoms with Crippen LogP contribution in [0.25, 0.3) is 22.9 Å². The second-order valence-corrected chi connectivity index (χ2v) is 6.55. The Labute approximate surface area is 157 Å². The van der Waals surface area contributed by atoms with Crippen LogP contribution in [0.4, 0.5) is 0 Å². The maximum Gasteiger partial charge on any atom is 0.161 e. The first kappa shape index (κ1) is 17.7. The molecule has 0 saturated carbocycles. The third-order valence-electron chi connectivity index (χ3n) is 3.92. The number of nitrogens with zero attached hydrogens (tertiary/aromatic N) is 2. The van der Waals surface area contributed by atoms with Gasteiger partial charge in [0.2, 0.25) is 0 Å². The number of aromatic nitrogens is 1. The van der Waals surface area contributed by atoms with Crippen LogP contribution in [0.5, 0.6) is 11.5 Å². The maximum absolute atomic E-state index is 9.54. The molecule has 0 unspecified atom stereocenters. The van der Waals surface area contributed by atoms with E-state index in [0.717, 1.165) is 16.8 Å². The van der Waals surface area contributed by atoms with Gasteiger partial charge in [-0.25, -0.2) is 4.98 Å². The van der Waals surface area contributed by atoms with Gasteiger partial charge in [-0.05, 0) is 36.8 Å². The summed E-state index contributed by atoms with van der Waals surface area (Å²) in [5.74, 6) is 1.32. The minimum absolute atomic E-state index is 0.547. The lowest BCUT2D eigenvalue weighted by molar-refractivity contribution is 0.355. The van der Waals surface area contributed by atoms with Crippen molar-refractivity contribution in [3.8, 4) is 28.8 Å². The Bertz CT molecular complexity index is 982. The summed E-state index contributed by atoms with van der Waals surface area (Å²) < 4.78 is 10.6. The molecule has 26 heavy (non-hydrogen) atoms. The van der Waals surface area contributed by atoms with Crippen molar-refractivity contribution in [2.24, 2.45) is 0 Å². The molecule has 0 bridgehead atoms. The highest BCUT2D eigenvalue weighted by Gasteiger charge is 2.11. The number of hydrogen-bond donors (Lipinski definition) is 0. The number of benzene rings is 2. The van der Waals surface area contributed by atoms with Gasteiger partial charge in [0, 0.05) is 10.9 Å². The monoisotopic (exact) mass is 362 g/mol. The van der Waals surface area contributed by atoms with Gasteiger partial charge in [0.25, 0.3) is 0 Å². The SMILES string of the molecule is COc1ccc(-c2csc(/C(C#N)=C\c3ccc(C)cc3)n2)cc1OC. The highest BCUT2D eigenvalue weighted by Crippen LogP contribution is 2.33. The van der Waals surface area contributed by atoms with Crippen LogP contribution in [0.15, 0.2) is 47.8 Å². The Morgan fingerprint density at radius 2 is 1.81 bits per heavy atom. The first-order valence-electron chi connectivity index (χ1n) is 8.01. The molecular weight excluding hydrogens is 344 g/mol. The molecule has 0 atom stereocenters. The Morgan fingerprint density at radius 1 is 1.08 bits per heavy atom. The molecule has 1 aromatic heterocycles. The summed E-state index contributed by atoms with van der Waals surface area (Å²) in [7, 11) is 3.21. The molecule has 3 aromatic rings. The van der Waals surface area contributed by atoms with Gasteiger partial charge in [-0.3, -0.25) is 0 Å². The highest BCUT2D eigenvalue weighted by molar-refractivity contribution is 7.11. The lowest BCUT2D eigenvalue weighted by Gasteiger charge is -2.08. The second kappa shape index (κ2) is 7.85. The Morgan fingerprint density at radius 3 is 2.46 bits per heavy atom. The molecule has 4 nitrogen and oxygen atoms in total. The normalized spacial score (nSPS) is 11.1. The molecule has 0 aliphatic heterocycles. The van der Waals surface area contributed by atoms with Crippen LogP contribution in [-0.2, 0) is 0 Å². The molecule has 0 saturated heterocycles. The van der Waals surface area contributed by atoms with Gasteiger partial charge >= 0.3 is 0 Å². The average Bonchev–Trinajstić information content (AvgIpc) is 3.17. The van der Waals surface area contributed by atoms with Gasteiger partial charge in [0.1, 0.15) is 11.1 Å². The number of thiazole rings is 1. The zero-order valence-corrected chi connectivity index (χ0v) is 15.6. The van der Waals surface area contributed by atoms with E-state index in [-0.39, 0.29) is 0 Å². The third-order valence-corrected chi connectivity index (χ3v) is 4.80. The number of methoxy groups -OCH3 is 2. The van der Waals surface area contributed by atoms with Crippen LogP contribution in [-0.4, -0.2) is 19.2 Å². The zero-order chi connectivity index (χ0) is 18.5. The molecule has 0 amide bonds. The van der Waals surface area contributed by atoms with E-state index in [1.807, 2.05) is 60.8 Å². The summed E-state index contributed by atoms with van der Waals surface area (Å²) in [6, 6.07) is 16.0. The molecule has 3 rings (SSSR count). The van der Waals surface area contributed by atoms with Gasteiger partial charge in [-0.1, -0.05) is 29.8 Å². The largest absolute Gasteiger partial charge is 0.493 e. The molecule has 0 fully saturated rings. The molecule has 2 aromatic carbocycles. The summed E-state index contributed by atoms with van der Waals surface area (Å²) in [4.78, 5) is 4.63. The first-order valence-corrected chi connectivity index (χ1v) is 8.89. The molecule has 0 aliphatic carbocycles. The van der Waals surface area contributed by atoms with Crippen LogP contribution in [0, 0.1) is 18.3 Å².